The van der Waals surface area contributed by atoms with Crippen molar-refractivity contribution >= 4 is 23.5 Å². The Hall–Kier alpha value is -1.95. The SMILES string of the molecule is CCNC(=O)NNC(=O)COc1cccc(Cl)c1. The number of urea groups is 1. The van der Waals surface area contributed by atoms with Crippen LogP contribution < -0.4 is 20.9 Å². The second-order valence-corrected chi connectivity index (χ2v) is 3.72. The number of halogens is 1. The van der Waals surface area contributed by atoms with E-state index in [1.54, 1.807) is 31.2 Å². The first kappa shape index (κ1) is 14.1. The second-order valence-electron chi connectivity index (χ2n) is 3.28. The first-order chi connectivity index (χ1) is 8.61. The van der Waals surface area contributed by atoms with E-state index in [4.69, 9.17) is 16.3 Å². The summed E-state index contributed by atoms with van der Waals surface area (Å²) in [5, 5.41) is 2.98. The zero-order chi connectivity index (χ0) is 13.4. The number of hydrazine groups is 1. The first-order valence-electron chi connectivity index (χ1n) is 5.33. The van der Waals surface area contributed by atoms with Crippen LogP contribution in [0.4, 0.5) is 4.79 Å². The molecule has 0 saturated heterocycles. The van der Waals surface area contributed by atoms with Crippen molar-refractivity contribution in [2.75, 3.05) is 13.2 Å². The maximum atomic E-state index is 11.3. The molecule has 0 spiro atoms. The molecule has 0 bridgehead atoms. The highest BCUT2D eigenvalue weighted by Gasteiger charge is 2.04. The van der Waals surface area contributed by atoms with Crippen LogP contribution in [0.2, 0.25) is 5.02 Å². The van der Waals surface area contributed by atoms with Gasteiger partial charge in [0, 0.05) is 11.6 Å². The Kier molecular flexibility index (Phi) is 5.79. The van der Waals surface area contributed by atoms with Crippen LogP contribution in [0, 0.1) is 0 Å². The summed E-state index contributed by atoms with van der Waals surface area (Å²) in [6.45, 7) is 2.02. The van der Waals surface area contributed by atoms with Crippen LogP contribution in [0.1, 0.15) is 6.92 Å². The second kappa shape index (κ2) is 7.39. The molecule has 6 nitrogen and oxygen atoms in total. The zero-order valence-electron chi connectivity index (χ0n) is 9.83. The van der Waals surface area contributed by atoms with Gasteiger partial charge in [0.25, 0.3) is 5.91 Å². The summed E-state index contributed by atoms with van der Waals surface area (Å²) >= 11 is 5.75. The van der Waals surface area contributed by atoms with Crippen LogP contribution in [0.5, 0.6) is 5.75 Å². The molecule has 0 unspecified atom stereocenters. The molecule has 0 aromatic heterocycles. The minimum Gasteiger partial charge on any atom is -0.484 e. The largest absolute Gasteiger partial charge is 0.484 e. The van der Waals surface area contributed by atoms with Crippen molar-refractivity contribution in [3.63, 3.8) is 0 Å². The van der Waals surface area contributed by atoms with E-state index in [0.29, 0.717) is 17.3 Å². The maximum Gasteiger partial charge on any atom is 0.333 e. The van der Waals surface area contributed by atoms with Crippen molar-refractivity contribution in [2.24, 2.45) is 0 Å². The standard InChI is InChI=1S/C11H14ClN3O3/c1-2-13-11(17)15-14-10(16)7-18-9-5-3-4-8(12)6-9/h3-6H,2,7H2,1H3,(H,14,16)(H2,13,15,17). The third-order valence-corrected chi connectivity index (χ3v) is 2.05. The summed E-state index contributed by atoms with van der Waals surface area (Å²) < 4.78 is 5.17. The molecule has 1 rings (SSSR count). The van der Waals surface area contributed by atoms with Gasteiger partial charge < -0.3 is 10.1 Å². The van der Waals surface area contributed by atoms with Gasteiger partial charge >= 0.3 is 6.03 Å². The highest BCUT2D eigenvalue weighted by atomic mass is 35.5. The zero-order valence-corrected chi connectivity index (χ0v) is 10.6. The highest BCUT2D eigenvalue weighted by molar-refractivity contribution is 6.30. The lowest BCUT2D eigenvalue weighted by Gasteiger charge is -2.09. The first-order valence-corrected chi connectivity index (χ1v) is 5.70. The maximum absolute atomic E-state index is 11.3. The van der Waals surface area contributed by atoms with Crippen LogP contribution in [0.15, 0.2) is 24.3 Å². The van der Waals surface area contributed by atoms with Crippen molar-refractivity contribution < 1.29 is 14.3 Å². The van der Waals surface area contributed by atoms with E-state index < -0.39 is 11.9 Å². The van der Waals surface area contributed by atoms with Gasteiger partial charge in [-0.2, -0.15) is 0 Å². The third-order valence-electron chi connectivity index (χ3n) is 1.82. The number of nitrogens with one attached hydrogen (secondary N) is 3. The van der Waals surface area contributed by atoms with E-state index >= 15 is 0 Å². The van der Waals surface area contributed by atoms with E-state index in [1.807, 2.05) is 0 Å². The lowest BCUT2D eigenvalue weighted by Crippen LogP contribution is -2.48. The van der Waals surface area contributed by atoms with Crippen molar-refractivity contribution in [3.05, 3.63) is 29.3 Å². The van der Waals surface area contributed by atoms with Crippen LogP contribution in [-0.4, -0.2) is 25.1 Å². The Morgan fingerprint density at radius 2 is 2.11 bits per heavy atom. The number of rotatable bonds is 4. The quantitative estimate of drug-likeness (QED) is 0.717. The third kappa shape index (κ3) is 5.40. The fourth-order valence-electron chi connectivity index (χ4n) is 1.07. The average Bonchev–Trinajstić information content (AvgIpc) is 2.34. The van der Waals surface area contributed by atoms with Gasteiger partial charge in [0.1, 0.15) is 5.75 Å². The molecule has 0 aliphatic rings. The molecule has 7 heteroatoms. The number of amides is 3. The van der Waals surface area contributed by atoms with Gasteiger partial charge in [-0.3, -0.25) is 10.2 Å². The Morgan fingerprint density at radius 1 is 1.33 bits per heavy atom. The number of ether oxygens (including phenoxy) is 1. The van der Waals surface area contributed by atoms with Gasteiger partial charge in [-0.15, -0.1) is 0 Å². The minimum atomic E-state index is -0.478. The van der Waals surface area contributed by atoms with Crippen LogP contribution in [0.3, 0.4) is 0 Å². The molecule has 18 heavy (non-hydrogen) atoms. The summed E-state index contributed by atoms with van der Waals surface area (Å²) in [7, 11) is 0. The molecule has 1 aromatic rings. The average molecular weight is 272 g/mol. The molecule has 98 valence electrons. The lowest BCUT2D eigenvalue weighted by atomic mass is 10.3. The molecule has 1 aromatic carbocycles. The van der Waals surface area contributed by atoms with Gasteiger partial charge in [-0.1, -0.05) is 17.7 Å². The van der Waals surface area contributed by atoms with E-state index in [0.717, 1.165) is 0 Å². The van der Waals surface area contributed by atoms with E-state index in [9.17, 15) is 9.59 Å². The minimum absolute atomic E-state index is 0.216. The molecule has 3 amide bonds. The van der Waals surface area contributed by atoms with E-state index in [-0.39, 0.29) is 6.61 Å². The van der Waals surface area contributed by atoms with Crippen molar-refractivity contribution in [2.45, 2.75) is 6.92 Å². The van der Waals surface area contributed by atoms with Gasteiger partial charge in [-0.25, -0.2) is 10.2 Å². The topological polar surface area (TPSA) is 79.5 Å². The van der Waals surface area contributed by atoms with Crippen molar-refractivity contribution in [1.29, 1.82) is 0 Å². The summed E-state index contributed by atoms with van der Waals surface area (Å²) in [5.74, 6) is 0.0110. The fraction of sp³-hybridized carbons (Fsp3) is 0.273. The normalized spacial score (nSPS) is 9.44. The monoisotopic (exact) mass is 271 g/mol. The molecular weight excluding hydrogens is 258 g/mol. The number of hydrogen-bond acceptors (Lipinski definition) is 3. The summed E-state index contributed by atoms with van der Waals surface area (Å²) in [4.78, 5) is 22.3. The van der Waals surface area contributed by atoms with Gasteiger partial charge in [0.2, 0.25) is 0 Å². The molecule has 3 N–H and O–H groups in total. The Labute approximate surface area is 110 Å². The lowest BCUT2D eigenvalue weighted by molar-refractivity contribution is -0.123. The predicted molar refractivity (Wildman–Crippen MR) is 67.3 cm³/mol. The van der Waals surface area contributed by atoms with Gasteiger partial charge in [0.15, 0.2) is 6.61 Å². The molecule has 0 heterocycles. The Bertz CT molecular complexity index is 426. The number of carbonyl (C=O) groups is 2. The van der Waals surface area contributed by atoms with Crippen LogP contribution in [-0.2, 0) is 4.79 Å². The molecule has 0 radical (unpaired) electrons. The smallest absolute Gasteiger partial charge is 0.333 e. The number of hydrogen-bond donors (Lipinski definition) is 3. The van der Waals surface area contributed by atoms with Crippen molar-refractivity contribution in [3.8, 4) is 5.75 Å². The molecule has 0 fully saturated rings. The van der Waals surface area contributed by atoms with E-state index in [2.05, 4.69) is 16.2 Å². The summed E-state index contributed by atoms with van der Waals surface area (Å²) in [6.07, 6.45) is 0. The Balaban J connectivity index is 2.27. The molecule has 0 aliphatic heterocycles. The molecular formula is C11H14ClN3O3. The molecule has 0 atom stereocenters. The summed E-state index contributed by atoms with van der Waals surface area (Å²) in [5.41, 5.74) is 4.37. The fourth-order valence-corrected chi connectivity index (χ4v) is 1.25. The van der Waals surface area contributed by atoms with Gasteiger partial charge in [-0.05, 0) is 25.1 Å². The molecule has 0 saturated carbocycles. The summed E-state index contributed by atoms with van der Waals surface area (Å²) in [6, 6.07) is 6.20. The van der Waals surface area contributed by atoms with Crippen molar-refractivity contribution in [1.82, 2.24) is 16.2 Å². The van der Waals surface area contributed by atoms with Crippen LogP contribution >= 0.6 is 11.6 Å². The molecule has 0 aliphatic carbocycles. The van der Waals surface area contributed by atoms with Gasteiger partial charge in [0.05, 0.1) is 0 Å². The number of benzene rings is 1. The Morgan fingerprint density at radius 3 is 2.78 bits per heavy atom. The highest BCUT2D eigenvalue weighted by Crippen LogP contribution is 2.16. The van der Waals surface area contributed by atoms with Crippen LogP contribution in [0.25, 0.3) is 0 Å². The predicted octanol–water partition coefficient (Wildman–Crippen LogP) is 1.07. The number of carbonyl (C=O) groups excluding carboxylic acids is 2. The van der Waals surface area contributed by atoms with E-state index in [1.165, 1.54) is 0 Å².